The number of anilines is 3. The molecule has 0 spiro atoms. The maximum atomic E-state index is 11.6. The lowest BCUT2D eigenvalue weighted by atomic mass is 10.0. The third-order valence-corrected chi connectivity index (χ3v) is 6.07. The van der Waals surface area contributed by atoms with Crippen LogP contribution >= 0.6 is 0 Å². The highest BCUT2D eigenvalue weighted by Gasteiger charge is 2.23. The quantitative estimate of drug-likeness (QED) is 0.695. The van der Waals surface area contributed by atoms with E-state index in [0.717, 1.165) is 51.0 Å². The van der Waals surface area contributed by atoms with Crippen LogP contribution in [0, 0.1) is 0 Å². The summed E-state index contributed by atoms with van der Waals surface area (Å²) in [5.74, 6) is 0. The third-order valence-electron chi connectivity index (χ3n) is 5.46. The first-order valence-corrected chi connectivity index (χ1v) is 11.8. The Morgan fingerprint density at radius 3 is 2.71 bits per heavy atom. The van der Waals surface area contributed by atoms with Crippen molar-refractivity contribution in [2.24, 2.45) is 0 Å². The first kappa shape index (κ1) is 19.1. The van der Waals surface area contributed by atoms with Gasteiger partial charge in [0.1, 0.15) is 0 Å². The molecule has 7 heteroatoms. The third kappa shape index (κ3) is 4.59. The molecule has 6 nitrogen and oxygen atoms in total. The zero-order chi connectivity index (χ0) is 19.6. The van der Waals surface area contributed by atoms with Crippen molar-refractivity contribution in [2.45, 2.75) is 31.8 Å². The van der Waals surface area contributed by atoms with Crippen molar-refractivity contribution in [1.82, 2.24) is 5.32 Å². The Hall–Kier alpha value is -2.25. The number of rotatable bonds is 6. The maximum Gasteiger partial charge on any atom is 0.229 e. The summed E-state index contributed by atoms with van der Waals surface area (Å²) in [5, 5.41) is 6.88. The van der Waals surface area contributed by atoms with Gasteiger partial charge in [0.15, 0.2) is 0 Å². The summed E-state index contributed by atoms with van der Waals surface area (Å²) < 4.78 is 25.7. The lowest BCUT2D eigenvalue weighted by molar-refractivity contribution is 0.428. The largest absolute Gasteiger partial charge is 0.384 e. The molecule has 2 heterocycles. The topological polar surface area (TPSA) is 73.5 Å². The molecule has 0 aliphatic carbocycles. The highest BCUT2D eigenvalue weighted by molar-refractivity contribution is 7.92. The predicted molar refractivity (Wildman–Crippen MR) is 116 cm³/mol. The fourth-order valence-corrected chi connectivity index (χ4v) is 4.72. The van der Waals surface area contributed by atoms with Crippen LogP contribution in [0.5, 0.6) is 0 Å². The number of fused-ring (bicyclic) bond motifs is 1. The van der Waals surface area contributed by atoms with Crippen molar-refractivity contribution in [2.75, 3.05) is 40.8 Å². The zero-order valence-electron chi connectivity index (χ0n) is 16.2. The second-order valence-electron chi connectivity index (χ2n) is 7.70. The lowest BCUT2D eigenvalue weighted by Crippen LogP contribution is -2.43. The van der Waals surface area contributed by atoms with Crippen molar-refractivity contribution in [3.8, 4) is 0 Å². The van der Waals surface area contributed by atoms with Crippen molar-refractivity contribution >= 4 is 27.1 Å². The Kier molecular flexibility index (Phi) is 5.46. The van der Waals surface area contributed by atoms with Gasteiger partial charge in [0.05, 0.1) is 6.26 Å². The van der Waals surface area contributed by atoms with Crippen LogP contribution in [0.25, 0.3) is 0 Å². The van der Waals surface area contributed by atoms with E-state index in [9.17, 15) is 8.42 Å². The zero-order valence-corrected chi connectivity index (χ0v) is 17.1. The Morgan fingerprint density at radius 1 is 1.11 bits per heavy atom. The van der Waals surface area contributed by atoms with Gasteiger partial charge in [-0.25, -0.2) is 8.42 Å². The van der Waals surface area contributed by atoms with Crippen molar-refractivity contribution in [1.29, 1.82) is 0 Å². The van der Waals surface area contributed by atoms with Crippen molar-refractivity contribution in [3.63, 3.8) is 0 Å². The van der Waals surface area contributed by atoms with E-state index in [2.05, 4.69) is 44.5 Å². The van der Waals surface area contributed by atoms with Crippen LogP contribution < -0.4 is 20.3 Å². The molecule has 3 N–H and O–H groups in total. The smallest absolute Gasteiger partial charge is 0.229 e. The summed E-state index contributed by atoms with van der Waals surface area (Å²) in [4.78, 5) is 2.49. The summed E-state index contributed by atoms with van der Waals surface area (Å²) in [6.07, 6.45) is 4.46. The van der Waals surface area contributed by atoms with E-state index >= 15 is 0 Å². The molecule has 28 heavy (non-hydrogen) atoms. The number of hydrogen-bond donors (Lipinski definition) is 3. The molecular formula is C21H28N4O2S. The molecule has 1 fully saturated rings. The van der Waals surface area contributed by atoms with Crippen LogP contribution in [0.3, 0.4) is 0 Å². The Balaban J connectivity index is 1.62. The van der Waals surface area contributed by atoms with E-state index in [-0.39, 0.29) is 0 Å². The number of piperidine rings is 1. The monoisotopic (exact) mass is 400 g/mol. The summed E-state index contributed by atoms with van der Waals surface area (Å²) in [6.45, 7) is 3.83. The number of sulfonamides is 1. The average Bonchev–Trinajstić information content (AvgIpc) is 3.13. The van der Waals surface area contributed by atoms with Gasteiger partial charge >= 0.3 is 0 Å². The number of nitrogens with zero attached hydrogens (tertiary/aromatic N) is 1. The molecule has 0 amide bonds. The fourth-order valence-electron chi connectivity index (χ4n) is 4.16. The molecule has 0 radical (unpaired) electrons. The molecular weight excluding hydrogens is 372 g/mol. The Morgan fingerprint density at radius 2 is 1.93 bits per heavy atom. The molecule has 0 bridgehead atoms. The molecule has 0 aromatic heterocycles. The van der Waals surface area contributed by atoms with E-state index in [1.54, 1.807) is 6.07 Å². The predicted octanol–water partition coefficient (Wildman–Crippen LogP) is 2.78. The molecule has 2 aromatic rings. The van der Waals surface area contributed by atoms with Gasteiger partial charge in [0, 0.05) is 36.2 Å². The summed E-state index contributed by atoms with van der Waals surface area (Å²) in [6, 6.07) is 14.9. The highest BCUT2D eigenvalue weighted by Crippen LogP contribution is 2.31. The number of hydrogen-bond acceptors (Lipinski definition) is 5. The lowest BCUT2D eigenvalue weighted by Gasteiger charge is -2.37. The van der Waals surface area contributed by atoms with Gasteiger partial charge in [-0.2, -0.15) is 0 Å². The van der Waals surface area contributed by atoms with E-state index in [0.29, 0.717) is 11.7 Å². The van der Waals surface area contributed by atoms with Crippen LogP contribution in [0.2, 0.25) is 0 Å². The van der Waals surface area contributed by atoms with E-state index in [1.807, 2.05) is 12.1 Å². The van der Waals surface area contributed by atoms with Crippen molar-refractivity contribution in [3.05, 3.63) is 53.6 Å². The minimum absolute atomic E-state index is 0.472. The maximum absolute atomic E-state index is 11.6. The van der Waals surface area contributed by atoms with Gasteiger partial charge in [-0.05, 0) is 73.8 Å². The number of benzene rings is 2. The second kappa shape index (κ2) is 8.01. The summed E-state index contributed by atoms with van der Waals surface area (Å²) in [7, 11) is -3.28. The van der Waals surface area contributed by atoms with Crippen LogP contribution in [-0.2, 0) is 23.0 Å². The SMILES string of the molecule is CS(=O)(=O)Nc1cccc(CN(c2ccc3c(c2)CCN3)C2CCNCC2)c1. The first-order valence-electron chi connectivity index (χ1n) is 9.89. The molecule has 0 saturated carbocycles. The minimum Gasteiger partial charge on any atom is -0.384 e. The standard InChI is InChI=1S/C21H28N4O2S/c1-28(26,27)24-18-4-2-3-16(13-18)15-25(19-8-10-22-11-9-19)20-5-6-21-17(14-20)7-12-23-21/h2-6,13-14,19,22-24H,7-12,15H2,1H3. The van der Waals surface area contributed by atoms with Crippen LogP contribution in [0.4, 0.5) is 17.1 Å². The van der Waals surface area contributed by atoms with Gasteiger partial charge in [0.2, 0.25) is 10.0 Å². The average molecular weight is 401 g/mol. The Bertz CT molecular complexity index is 939. The van der Waals surface area contributed by atoms with E-state index < -0.39 is 10.0 Å². The molecule has 2 aliphatic rings. The molecule has 2 aromatic carbocycles. The van der Waals surface area contributed by atoms with Crippen molar-refractivity contribution < 1.29 is 8.42 Å². The molecule has 150 valence electrons. The molecule has 2 aliphatic heterocycles. The fraction of sp³-hybridized carbons (Fsp3) is 0.429. The van der Waals surface area contributed by atoms with Gasteiger partial charge in [-0.3, -0.25) is 4.72 Å². The first-order chi connectivity index (χ1) is 13.5. The van der Waals surface area contributed by atoms with E-state index in [1.165, 1.54) is 23.2 Å². The molecule has 0 atom stereocenters. The van der Waals surface area contributed by atoms with Gasteiger partial charge < -0.3 is 15.5 Å². The van der Waals surface area contributed by atoms with Gasteiger partial charge in [-0.1, -0.05) is 12.1 Å². The minimum atomic E-state index is -3.28. The summed E-state index contributed by atoms with van der Waals surface area (Å²) in [5.41, 5.74) is 5.59. The van der Waals surface area contributed by atoms with E-state index in [4.69, 9.17) is 0 Å². The van der Waals surface area contributed by atoms with Crippen LogP contribution in [-0.4, -0.2) is 40.3 Å². The molecule has 4 rings (SSSR count). The second-order valence-corrected chi connectivity index (χ2v) is 9.45. The number of nitrogens with one attached hydrogen (secondary N) is 3. The summed E-state index contributed by atoms with van der Waals surface area (Å²) >= 11 is 0. The van der Waals surface area contributed by atoms with Gasteiger partial charge in [0.25, 0.3) is 0 Å². The van der Waals surface area contributed by atoms with Crippen LogP contribution in [0.15, 0.2) is 42.5 Å². The highest BCUT2D eigenvalue weighted by atomic mass is 32.2. The molecule has 0 unspecified atom stereocenters. The van der Waals surface area contributed by atoms with Gasteiger partial charge in [-0.15, -0.1) is 0 Å². The Labute approximate surface area is 167 Å². The normalized spacial score (nSPS) is 17.0. The van der Waals surface area contributed by atoms with Crippen LogP contribution in [0.1, 0.15) is 24.0 Å². The molecule has 1 saturated heterocycles.